The van der Waals surface area contributed by atoms with E-state index in [0.29, 0.717) is 23.2 Å². The van der Waals surface area contributed by atoms with E-state index in [1.165, 1.54) is 24.3 Å². The lowest BCUT2D eigenvalue weighted by molar-refractivity contribution is 0.112. The van der Waals surface area contributed by atoms with Crippen LogP contribution in [0.1, 0.15) is 15.9 Å². The second-order valence-corrected chi connectivity index (χ2v) is 6.56. The Bertz CT molecular complexity index is 696. The van der Waals surface area contributed by atoms with Crippen molar-refractivity contribution in [3.63, 3.8) is 0 Å². The van der Waals surface area contributed by atoms with Crippen molar-refractivity contribution in [2.24, 2.45) is 0 Å². The third-order valence-electron chi connectivity index (χ3n) is 2.60. The molecular weight excluding hydrogens is 343 g/mol. The normalized spacial score (nSPS) is 14.5. The Morgan fingerprint density at radius 1 is 0.826 bits per heavy atom. The molecule has 0 heterocycles. The summed E-state index contributed by atoms with van der Waals surface area (Å²) in [5, 5.41) is 0. The maximum atomic E-state index is 12.2. The third-order valence-corrected chi connectivity index (χ3v) is 3.11. The Labute approximate surface area is 128 Å². The summed E-state index contributed by atoms with van der Waals surface area (Å²) in [6.07, 6.45) is 0.668. The SMILES string of the molecule is O=Cc1ccc(OCc2ccc(OS(F)(F)(F)(F)F)cc2)cc1. The summed E-state index contributed by atoms with van der Waals surface area (Å²) in [6, 6.07) is 10.1. The minimum absolute atomic E-state index is 0.0110. The molecule has 23 heavy (non-hydrogen) atoms. The first-order chi connectivity index (χ1) is 10.4. The van der Waals surface area contributed by atoms with E-state index in [0.717, 1.165) is 12.1 Å². The van der Waals surface area contributed by atoms with E-state index < -0.39 is 16.3 Å². The van der Waals surface area contributed by atoms with Crippen LogP contribution in [0.4, 0.5) is 19.4 Å². The fourth-order valence-electron chi connectivity index (χ4n) is 1.63. The summed E-state index contributed by atoms with van der Waals surface area (Å²) in [6.45, 7) is 0.0110. The maximum Gasteiger partial charge on any atom is 0.435 e. The second kappa shape index (κ2) is 5.12. The Hall–Kier alpha value is -2.29. The zero-order valence-electron chi connectivity index (χ0n) is 11.4. The summed E-state index contributed by atoms with van der Waals surface area (Å²) in [5.74, 6) is -0.550. The molecule has 0 atom stereocenters. The molecular formula is C14H11F5O3S. The largest absolute Gasteiger partial charge is 0.489 e. The second-order valence-electron chi connectivity index (χ2n) is 4.60. The average molecular weight is 354 g/mol. The number of rotatable bonds is 6. The molecule has 0 saturated carbocycles. The van der Waals surface area contributed by atoms with Gasteiger partial charge in [0.15, 0.2) is 0 Å². The topological polar surface area (TPSA) is 35.5 Å². The molecule has 0 aliphatic rings. The van der Waals surface area contributed by atoms with Gasteiger partial charge < -0.3 is 8.92 Å². The number of benzene rings is 2. The first-order valence-electron chi connectivity index (χ1n) is 6.16. The molecule has 0 amide bonds. The molecule has 0 fully saturated rings. The van der Waals surface area contributed by atoms with Gasteiger partial charge in [0, 0.05) is 5.56 Å². The summed E-state index contributed by atoms with van der Waals surface area (Å²) >= 11 is 0. The summed E-state index contributed by atoms with van der Waals surface area (Å²) in [7, 11) is -9.95. The van der Waals surface area contributed by atoms with Gasteiger partial charge in [0.1, 0.15) is 24.4 Å². The van der Waals surface area contributed by atoms with Crippen molar-refractivity contribution in [3.8, 4) is 11.5 Å². The molecule has 0 aliphatic heterocycles. The monoisotopic (exact) mass is 354 g/mol. The van der Waals surface area contributed by atoms with Crippen molar-refractivity contribution in [1.29, 1.82) is 0 Å². The predicted molar refractivity (Wildman–Crippen MR) is 76.4 cm³/mol. The van der Waals surface area contributed by atoms with E-state index in [9.17, 15) is 24.2 Å². The van der Waals surface area contributed by atoms with Crippen molar-refractivity contribution >= 4 is 16.8 Å². The number of carbonyl (C=O) groups excluding carboxylic acids is 1. The number of aldehydes is 1. The van der Waals surface area contributed by atoms with Crippen molar-refractivity contribution < 1.29 is 33.1 Å². The maximum absolute atomic E-state index is 12.2. The minimum atomic E-state index is -9.95. The minimum Gasteiger partial charge on any atom is -0.489 e. The van der Waals surface area contributed by atoms with E-state index in [2.05, 4.69) is 4.18 Å². The molecule has 126 valence electrons. The highest BCUT2D eigenvalue weighted by atomic mass is 32.5. The van der Waals surface area contributed by atoms with Crippen LogP contribution < -0.4 is 8.92 Å². The number of hydrogen-bond acceptors (Lipinski definition) is 3. The highest BCUT2D eigenvalue weighted by molar-refractivity contribution is 8.42. The number of ether oxygens (including phenoxy) is 1. The fourth-order valence-corrected chi connectivity index (χ4v) is 2.11. The van der Waals surface area contributed by atoms with Crippen LogP contribution >= 0.6 is 10.5 Å². The molecule has 2 rings (SSSR count). The molecule has 0 bridgehead atoms. The Morgan fingerprint density at radius 2 is 1.35 bits per heavy atom. The lowest BCUT2D eigenvalue weighted by Gasteiger charge is -2.39. The van der Waals surface area contributed by atoms with Crippen molar-refractivity contribution in [1.82, 2.24) is 0 Å². The molecule has 0 saturated heterocycles. The van der Waals surface area contributed by atoms with Gasteiger partial charge in [-0.05, 0) is 42.0 Å². The summed E-state index contributed by atoms with van der Waals surface area (Å²) < 4.78 is 69.1. The summed E-state index contributed by atoms with van der Waals surface area (Å²) in [4.78, 5) is 10.5. The number of carbonyl (C=O) groups is 1. The van der Waals surface area contributed by atoms with E-state index >= 15 is 0 Å². The zero-order chi connectivity index (χ0) is 17.2. The van der Waals surface area contributed by atoms with Gasteiger partial charge in [-0.25, -0.2) is 0 Å². The van der Waals surface area contributed by atoms with Crippen molar-refractivity contribution in [2.75, 3.05) is 0 Å². The van der Waals surface area contributed by atoms with Gasteiger partial charge >= 0.3 is 10.5 Å². The zero-order valence-corrected chi connectivity index (χ0v) is 12.2. The van der Waals surface area contributed by atoms with Gasteiger partial charge in [0.25, 0.3) is 0 Å². The van der Waals surface area contributed by atoms with Crippen molar-refractivity contribution in [2.45, 2.75) is 6.61 Å². The van der Waals surface area contributed by atoms with Gasteiger partial charge in [0.05, 0.1) is 0 Å². The Balaban J connectivity index is 1.99. The van der Waals surface area contributed by atoms with E-state index in [1.54, 1.807) is 12.1 Å². The van der Waals surface area contributed by atoms with Crippen LogP contribution in [0.3, 0.4) is 0 Å². The highest BCUT2D eigenvalue weighted by Gasteiger charge is 2.67. The van der Waals surface area contributed by atoms with E-state index in [1.807, 2.05) is 0 Å². The fraction of sp³-hybridized carbons (Fsp3) is 0.0714. The molecule has 2 aromatic carbocycles. The number of hydrogen-bond donors (Lipinski definition) is 0. The van der Waals surface area contributed by atoms with Crippen LogP contribution in [0.15, 0.2) is 48.5 Å². The summed E-state index contributed by atoms with van der Waals surface area (Å²) in [5.41, 5.74) is 0.925. The van der Waals surface area contributed by atoms with Gasteiger partial charge in [-0.3, -0.25) is 4.79 Å². The van der Waals surface area contributed by atoms with E-state index in [-0.39, 0.29) is 6.61 Å². The van der Waals surface area contributed by atoms with Gasteiger partial charge in [-0.2, -0.15) is 0 Å². The molecule has 3 nitrogen and oxygen atoms in total. The lowest BCUT2D eigenvalue weighted by atomic mass is 10.2. The molecule has 0 N–H and O–H groups in total. The van der Waals surface area contributed by atoms with E-state index in [4.69, 9.17) is 4.74 Å². The molecule has 2 aromatic rings. The van der Waals surface area contributed by atoms with Crippen LogP contribution in [0.25, 0.3) is 0 Å². The quantitative estimate of drug-likeness (QED) is 0.495. The van der Waals surface area contributed by atoms with Gasteiger partial charge in [-0.1, -0.05) is 31.6 Å². The third kappa shape index (κ3) is 6.15. The molecule has 0 radical (unpaired) electrons. The first kappa shape index (κ1) is 17.1. The smallest absolute Gasteiger partial charge is 0.435 e. The molecule has 0 spiro atoms. The van der Waals surface area contributed by atoms with Crippen LogP contribution in [-0.4, -0.2) is 6.29 Å². The van der Waals surface area contributed by atoms with Crippen molar-refractivity contribution in [3.05, 3.63) is 59.7 Å². The van der Waals surface area contributed by atoms with Crippen LogP contribution in [0.5, 0.6) is 11.5 Å². The Kier molecular flexibility index (Phi) is 3.80. The molecule has 0 aromatic heterocycles. The number of halogens is 5. The van der Waals surface area contributed by atoms with Crippen LogP contribution in [0.2, 0.25) is 0 Å². The standard InChI is InChI=1S/C14H11F5O3S/c15-23(16,17,18,19)22-14-7-3-12(4-8-14)10-21-13-5-1-11(9-20)2-6-13/h1-9H,10H2. The lowest BCUT2D eigenvalue weighted by Crippen LogP contribution is -2.13. The molecule has 0 aliphatic carbocycles. The predicted octanol–water partition coefficient (Wildman–Crippen LogP) is 5.67. The highest BCUT2D eigenvalue weighted by Crippen LogP contribution is 2.97. The Morgan fingerprint density at radius 3 is 1.83 bits per heavy atom. The molecule has 9 heteroatoms. The first-order valence-corrected chi connectivity index (χ1v) is 8.03. The van der Waals surface area contributed by atoms with Gasteiger partial charge in [0.2, 0.25) is 0 Å². The van der Waals surface area contributed by atoms with Crippen LogP contribution in [-0.2, 0) is 6.61 Å². The van der Waals surface area contributed by atoms with Crippen LogP contribution in [0, 0.1) is 0 Å². The average Bonchev–Trinajstić information content (AvgIpc) is 2.44. The molecule has 0 unspecified atom stereocenters. The van der Waals surface area contributed by atoms with Gasteiger partial charge in [-0.15, -0.1) is 0 Å².